The molecule has 0 radical (unpaired) electrons. The fraction of sp³-hybridized carbons (Fsp3) is 0. The number of anilines is 3. The lowest BCUT2D eigenvalue weighted by Gasteiger charge is -2.29. The number of nitrogens with zero attached hydrogens (tertiary/aromatic N) is 2. The number of rotatable bonds is 6. The molecule has 0 saturated carbocycles. The minimum atomic E-state index is 0.864. The number of hydrogen-bond donors (Lipinski definition) is 0. The lowest BCUT2D eigenvalue weighted by molar-refractivity contribution is 0.669. The van der Waals surface area contributed by atoms with Crippen molar-refractivity contribution in [2.45, 2.75) is 0 Å². The minimum absolute atomic E-state index is 0.864. The molecule has 0 N–H and O–H groups in total. The number of fused-ring (bicyclic) bond motifs is 9. The molecule has 0 aliphatic heterocycles. The monoisotopic (exact) mass is 752 g/mol. The largest absolute Gasteiger partial charge is 0.456 e. The maximum Gasteiger partial charge on any atom is 0.136 e. The van der Waals surface area contributed by atoms with E-state index >= 15 is 0 Å². The van der Waals surface area contributed by atoms with E-state index in [-0.39, 0.29) is 0 Å². The van der Waals surface area contributed by atoms with Crippen molar-refractivity contribution in [3.05, 3.63) is 218 Å². The van der Waals surface area contributed by atoms with E-state index in [0.717, 1.165) is 55.8 Å². The number of hydrogen-bond acceptors (Lipinski definition) is 2. The average molecular weight is 753 g/mol. The molecule has 0 aliphatic rings. The van der Waals surface area contributed by atoms with Crippen LogP contribution in [-0.4, -0.2) is 4.57 Å². The third kappa shape index (κ3) is 5.29. The van der Waals surface area contributed by atoms with Crippen LogP contribution in [0, 0.1) is 0 Å². The third-order valence-corrected chi connectivity index (χ3v) is 12.0. The van der Waals surface area contributed by atoms with Crippen molar-refractivity contribution >= 4 is 82.4 Å². The molecule has 0 unspecified atom stereocenters. The zero-order chi connectivity index (χ0) is 38.9. The molecule has 3 nitrogen and oxygen atoms in total. The fourth-order valence-electron chi connectivity index (χ4n) is 9.34. The van der Waals surface area contributed by atoms with Crippen LogP contribution in [-0.2, 0) is 0 Å². The Morgan fingerprint density at radius 1 is 0.373 bits per heavy atom. The molecule has 2 heterocycles. The van der Waals surface area contributed by atoms with Gasteiger partial charge in [0.05, 0.1) is 16.7 Å². The topological polar surface area (TPSA) is 21.3 Å². The summed E-state index contributed by atoms with van der Waals surface area (Å²) < 4.78 is 9.03. The molecule has 0 aliphatic carbocycles. The Kier molecular flexibility index (Phi) is 7.54. The standard InChI is InChI=1S/C56H36N2O/c1-3-15-37(16-4-1)38-27-29-41(30-28-38)57(42-31-32-51-48(36-42)46-23-11-13-25-50(46)58(51)40-18-5-2-6-19-40)52-33-34-54-56(47-24-12-14-26-53(47)59-54)55(52)49-35-39-17-7-8-20-43(39)44-21-9-10-22-45(44)49/h1-36H. The van der Waals surface area contributed by atoms with E-state index in [4.69, 9.17) is 4.42 Å². The van der Waals surface area contributed by atoms with Gasteiger partial charge in [0.15, 0.2) is 0 Å². The normalized spacial score (nSPS) is 11.7. The van der Waals surface area contributed by atoms with E-state index in [9.17, 15) is 0 Å². The van der Waals surface area contributed by atoms with Crippen LogP contribution >= 0.6 is 0 Å². The first-order valence-electron chi connectivity index (χ1n) is 20.2. The summed E-state index contributed by atoms with van der Waals surface area (Å²) in [5, 5.41) is 9.47. The van der Waals surface area contributed by atoms with Gasteiger partial charge in [-0.15, -0.1) is 0 Å². The van der Waals surface area contributed by atoms with Crippen molar-refractivity contribution in [2.24, 2.45) is 0 Å². The van der Waals surface area contributed by atoms with Crippen LogP contribution in [0.5, 0.6) is 0 Å². The van der Waals surface area contributed by atoms with Gasteiger partial charge in [-0.2, -0.15) is 0 Å². The molecule has 0 fully saturated rings. The zero-order valence-corrected chi connectivity index (χ0v) is 32.1. The average Bonchev–Trinajstić information content (AvgIpc) is 3.85. The van der Waals surface area contributed by atoms with Gasteiger partial charge in [0, 0.05) is 44.2 Å². The highest BCUT2D eigenvalue weighted by atomic mass is 16.3. The van der Waals surface area contributed by atoms with Crippen LogP contribution in [0.25, 0.3) is 93.2 Å². The summed E-state index contributed by atoms with van der Waals surface area (Å²) in [7, 11) is 0. The lowest BCUT2D eigenvalue weighted by atomic mass is 9.89. The van der Waals surface area contributed by atoms with E-state index < -0.39 is 0 Å². The van der Waals surface area contributed by atoms with E-state index in [1.807, 2.05) is 0 Å². The predicted molar refractivity (Wildman–Crippen MR) is 249 cm³/mol. The van der Waals surface area contributed by atoms with Crippen LogP contribution in [0.2, 0.25) is 0 Å². The Morgan fingerprint density at radius 2 is 0.983 bits per heavy atom. The van der Waals surface area contributed by atoms with Crippen LogP contribution in [0.15, 0.2) is 223 Å². The maximum absolute atomic E-state index is 6.65. The van der Waals surface area contributed by atoms with Crippen molar-refractivity contribution in [2.75, 3.05) is 4.90 Å². The second-order valence-corrected chi connectivity index (χ2v) is 15.3. The molecule has 0 bridgehead atoms. The quantitative estimate of drug-likeness (QED) is 0.158. The SMILES string of the molecule is c1ccc(-c2ccc(N(c3ccc4c(c3)c3ccccc3n4-c3ccccc3)c3ccc4oc5ccccc5c4c3-c3cc4ccccc4c4ccccc34)cc2)cc1. The van der Waals surface area contributed by atoms with Gasteiger partial charge in [0.1, 0.15) is 11.2 Å². The first-order valence-corrected chi connectivity index (χ1v) is 20.2. The Bertz CT molecular complexity index is 3540. The summed E-state index contributed by atoms with van der Waals surface area (Å²) in [6, 6.07) is 78.8. The molecule has 0 saturated heterocycles. The van der Waals surface area contributed by atoms with Gasteiger partial charge < -0.3 is 13.9 Å². The summed E-state index contributed by atoms with van der Waals surface area (Å²) >= 11 is 0. The highest BCUT2D eigenvalue weighted by Gasteiger charge is 2.25. The Labute approximate surface area is 341 Å². The number of aromatic nitrogens is 1. The molecule has 0 spiro atoms. The second-order valence-electron chi connectivity index (χ2n) is 15.3. The maximum atomic E-state index is 6.65. The van der Waals surface area contributed by atoms with Gasteiger partial charge in [0.25, 0.3) is 0 Å². The minimum Gasteiger partial charge on any atom is -0.456 e. The molecule has 0 atom stereocenters. The smallest absolute Gasteiger partial charge is 0.136 e. The molecule has 0 amide bonds. The lowest BCUT2D eigenvalue weighted by Crippen LogP contribution is -2.11. The summed E-state index contributed by atoms with van der Waals surface area (Å²) in [5.74, 6) is 0. The van der Waals surface area contributed by atoms with Gasteiger partial charge in [-0.25, -0.2) is 0 Å². The van der Waals surface area contributed by atoms with Crippen molar-refractivity contribution in [3.8, 4) is 27.9 Å². The van der Waals surface area contributed by atoms with Crippen molar-refractivity contribution in [1.29, 1.82) is 0 Å². The Balaban J connectivity index is 1.19. The molecule has 10 aromatic carbocycles. The van der Waals surface area contributed by atoms with Crippen LogP contribution in [0.3, 0.4) is 0 Å². The van der Waals surface area contributed by atoms with Gasteiger partial charge in [0.2, 0.25) is 0 Å². The van der Waals surface area contributed by atoms with Gasteiger partial charge >= 0.3 is 0 Å². The van der Waals surface area contributed by atoms with Gasteiger partial charge in [-0.3, -0.25) is 0 Å². The first-order chi connectivity index (χ1) is 29.3. The highest BCUT2D eigenvalue weighted by Crippen LogP contribution is 2.50. The van der Waals surface area contributed by atoms with E-state index in [1.54, 1.807) is 0 Å². The molecular weight excluding hydrogens is 717 g/mol. The fourth-order valence-corrected chi connectivity index (χ4v) is 9.34. The number of benzene rings is 10. The Hall–Kier alpha value is -7.88. The molecule has 59 heavy (non-hydrogen) atoms. The molecule has 276 valence electrons. The number of para-hydroxylation sites is 3. The van der Waals surface area contributed by atoms with Crippen LogP contribution in [0.1, 0.15) is 0 Å². The molecular formula is C56H36N2O. The van der Waals surface area contributed by atoms with E-state index in [1.165, 1.54) is 54.5 Å². The molecule has 3 heteroatoms. The zero-order valence-electron chi connectivity index (χ0n) is 32.1. The van der Waals surface area contributed by atoms with Gasteiger partial charge in [-0.1, -0.05) is 146 Å². The summed E-state index contributed by atoms with van der Waals surface area (Å²) in [6.07, 6.45) is 0. The van der Waals surface area contributed by atoms with Crippen LogP contribution in [0.4, 0.5) is 17.1 Å². The van der Waals surface area contributed by atoms with Crippen LogP contribution < -0.4 is 4.90 Å². The number of furan rings is 1. The Morgan fingerprint density at radius 3 is 1.80 bits per heavy atom. The summed E-state index contributed by atoms with van der Waals surface area (Å²) in [5.41, 5.74) is 13.1. The van der Waals surface area contributed by atoms with Gasteiger partial charge in [-0.05, 0) is 111 Å². The summed E-state index contributed by atoms with van der Waals surface area (Å²) in [4.78, 5) is 2.45. The first kappa shape index (κ1) is 33.3. The molecule has 12 aromatic rings. The van der Waals surface area contributed by atoms with E-state index in [2.05, 4.69) is 228 Å². The third-order valence-electron chi connectivity index (χ3n) is 12.0. The van der Waals surface area contributed by atoms with Crippen molar-refractivity contribution in [3.63, 3.8) is 0 Å². The highest BCUT2D eigenvalue weighted by molar-refractivity contribution is 6.23. The predicted octanol–water partition coefficient (Wildman–Crippen LogP) is 15.8. The summed E-state index contributed by atoms with van der Waals surface area (Å²) in [6.45, 7) is 0. The van der Waals surface area contributed by atoms with Crippen molar-refractivity contribution < 1.29 is 4.42 Å². The molecule has 12 rings (SSSR count). The molecule has 2 aromatic heterocycles. The van der Waals surface area contributed by atoms with Crippen molar-refractivity contribution in [1.82, 2.24) is 4.57 Å². The van der Waals surface area contributed by atoms with E-state index in [0.29, 0.717) is 0 Å². The second kappa shape index (κ2) is 13.4.